The van der Waals surface area contributed by atoms with Gasteiger partial charge in [-0.3, -0.25) is 0 Å². The molecule has 1 aromatic rings. The van der Waals surface area contributed by atoms with Gasteiger partial charge in [-0.25, -0.2) is 0 Å². The first-order valence-electron chi connectivity index (χ1n) is 11.9. The number of phenols is 1. The molecular weight excluding hydrogens is 420 g/mol. The Morgan fingerprint density at radius 2 is 1.24 bits per heavy atom. The molecule has 4 bridgehead atoms. The first kappa shape index (κ1) is 20.4. The van der Waals surface area contributed by atoms with Crippen LogP contribution in [0.15, 0.2) is 12.1 Å². The molecule has 1 nitrogen and oxygen atoms in total. The number of alkyl halides is 1. The Labute approximate surface area is 186 Å². The summed E-state index contributed by atoms with van der Waals surface area (Å²) in [6.07, 6.45) is 7.83. The van der Waals surface area contributed by atoms with Crippen molar-refractivity contribution in [2.45, 2.75) is 97.2 Å². The quantitative estimate of drug-likeness (QED) is 0.452. The van der Waals surface area contributed by atoms with Crippen LogP contribution in [0.3, 0.4) is 0 Å². The molecule has 0 amide bonds. The van der Waals surface area contributed by atoms with E-state index < -0.39 is 0 Å². The standard InChI is InChI=1S/C27H39BrO/c1-24(2)17-7-9-26(24,5)21(13-17)19-11-16(15-28)12-20(23(19)29)22-14-18-8-10-27(22,6)25(18,3)4/h11-12,17-18,21-22,29H,7-10,13-15H2,1-6H3. The van der Waals surface area contributed by atoms with Gasteiger partial charge in [0.2, 0.25) is 0 Å². The van der Waals surface area contributed by atoms with Crippen molar-refractivity contribution in [1.29, 1.82) is 0 Å². The molecule has 6 unspecified atom stereocenters. The lowest BCUT2D eigenvalue weighted by molar-refractivity contribution is 0.130. The fourth-order valence-electron chi connectivity index (χ4n) is 8.70. The molecule has 0 radical (unpaired) electrons. The molecule has 0 heterocycles. The van der Waals surface area contributed by atoms with E-state index in [9.17, 15) is 5.11 Å². The Kier molecular flexibility index (Phi) is 4.26. The topological polar surface area (TPSA) is 20.2 Å². The molecule has 4 aliphatic rings. The van der Waals surface area contributed by atoms with Crippen LogP contribution in [0.5, 0.6) is 5.75 Å². The lowest BCUT2D eigenvalue weighted by Crippen LogP contribution is -2.32. The van der Waals surface area contributed by atoms with Gasteiger partial charge >= 0.3 is 0 Å². The Balaban J connectivity index is 1.62. The largest absolute Gasteiger partial charge is 0.507 e. The van der Waals surface area contributed by atoms with Gasteiger partial charge in [0, 0.05) is 5.33 Å². The first-order valence-corrected chi connectivity index (χ1v) is 13.0. The van der Waals surface area contributed by atoms with Crippen LogP contribution >= 0.6 is 15.9 Å². The summed E-state index contributed by atoms with van der Waals surface area (Å²) in [7, 11) is 0. The molecule has 0 spiro atoms. The maximum absolute atomic E-state index is 11.7. The highest BCUT2D eigenvalue weighted by Gasteiger charge is 2.63. The van der Waals surface area contributed by atoms with Gasteiger partial charge in [0.25, 0.3) is 0 Å². The van der Waals surface area contributed by atoms with Gasteiger partial charge in [-0.2, -0.15) is 0 Å². The number of hydrogen-bond acceptors (Lipinski definition) is 1. The van der Waals surface area contributed by atoms with E-state index in [2.05, 4.69) is 69.6 Å². The summed E-state index contributed by atoms with van der Waals surface area (Å²) in [6.45, 7) is 14.9. The Bertz CT molecular complexity index is 789. The Morgan fingerprint density at radius 3 is 1.52 bits per heavy atom. The maximum Gasteiger partial charge on any atom is 0.122 e. The molecule has 4 saturated carbocycles. The lowest BCUT2D eigenvalue weighted by Gasteiger charge is -2.42. The van der Waals surface area contributed by atoms with Crippen LogP contribution in [0.2, 0.25) is 0 Å². The highest BCUT2D eigenvalue weighted by Crippen LogP contribution is 2.74. The van der Waals surface area contributed by atoms with E-state index in [4.69, 9.17) is 0 Å². The van der Waals surface area contributed by atoms with Crippen LogP contribution in [0, 0.1) is 33.5 Å². The molecule has 4 fully saturated rings. The van der Waals surface area contributed by atoms with Crippen molar-refractivity contribution in [2.75, 3.05) is 0 Å². The molecule has 5 rings (SSSR count). The molecule has 0 aliphatic heterocycles. The number of benzene rings is 1. The van der Waals surface area contributed by atoms with Crippen LogP contribution in [0.4, 0.5) is 0 Å². The second-order valence-electron chi connectivity index (χ2n) is 12.6. The van der Waals surface area contributed by atoms with E-state index in [0.29, 0.717) is 39.2 Å². The summed E-state index contributed by atoms with van der Waals surface area (Å²) in [5.41, 5.74) is 5.22. The van der Waals surface area contributed by atoms with Crippen molar-refractivity contribution in [3.05, 3.63) is 28.8 Å². The van der Waals surface area contributed by atoms with Crippen LogP contribution in [0.1, 0.15) is 109 Å². The van der Waals surface area contributed by atoms with Crippen LogP contribution < -0.4 is 0 Å². The zero-order valence-electron chi connectivity index (χ0n) is 19.2. The molecule has 29 heavy (non-hydrogen) atoms. The average molecular weight is 460 g/mol. The van der Waals surface area contributed by atoms with E-state index in [1.165, 1.54) is 55.2 Å². The van der Waals surface area contributed by atoms with Crippen molar-refractivity contribution in [3.63, 3.8) is 0 Å². The first-order chi connectivity index (χ1) is 13.5. The number of aromatic hydroxyl groups is 1. The normalized spacial score (nSPS) is 44.0. The Hall–Kier alpha value is -0.500. The number of hydrogen-bond donors (Lipinski definition) is 1. The summed E-state index contributed by atoms with van der Waals surface area (Å²) >= 11 is 3.74. The van der Waals surface area contributed by atoms with Gasteiger partial charge < -0.3 is 5.11 Å². The molecule has 1 aromatic carbocycles. The van der Waals surface area contributed by atoms with Crippen molar-refractivity contribution >= 4 is 15.9 Å². The number of rotatable bonds is 3. The zero-order chi connectivity index (χ0) is 21.0. The number of phenolic OH excluding ortho intramolecular Hbond substituents is 1. The van der Waals surface area contributed by atoms with E-state index in [1.807, 2.05) is 0 Å². The minimum atomic E-state index is 0.301. The zero-order valence-corrected chi connectivity index (χ0v) is 20.8. The van der Waals surface area contributed by atoms with Crippen LogP contribution in [-0.2, 0) is 5.33 Å². The SMILES string of the molecule is CC1(C)C2CCC1(C)C(c1cc(CBr)cc(C3CC4CCC3(C)C4(C)C)c1O)C2. The predicted octanol–water partition coefficient (Wildman–Crippen LogP) is 8.15. The number of halogens is 1. The summed E-state index contributed by atoms with van der Waals surface area (Å²) < 4.78 is 0. The van der Waals surface area contributed by atoms with Gasteiger partial charge in [0.1, 0.15) is 5.75 Å². The van der Waals surface area contributed by atoms with E-state index in [-0.39, 0.29) is 0 Å². The molecule has 6 atom stereocenters. The van der Waals surface area contributed by atoms with Crippen molar-refractivity contribution in [2.24, 2.45) is 33.5 Å². The summed E-state index contributed by atoms with van der Waals surface area (Å²) in [6, 6.07) is 4.67. The van der Waals surface area contributed by atoms with Crippen molar-refractivity contribution < 1.29 is 5.11 Å². The molecule has 4 aliphatic carbocycles. The third-order valence-corrected chi connectivity index (χ3v) is 12.4. The summed E-state index contributed by atoms with van der Waals surface area (Å²) in [5.74, 6) is 3.24. The highest BCUT2D eigenvalue weighted by atomic mass is 79.9. The Morgan fingerprint density at radius 1 is 0.828 bits per heavy atom. The fourth-order valence-corrected chi connectivity index (χ4v) is 9.02. The van der Waals surface area contributed by atoms with Crippen LogP contribution in [-0.4, -0.2) is 5.11 Å². The molecular formula is C27H39BrO. The average Bonchev–Trinajstić information content (AvgIpc) is 3.19. The van der Waals surface area contributed by atoms with Gasteiger partial charge in [-0.15, -0.1) is 0 Å². The smallest absolute Gasteiger partial charge is 0.122 e. The van der Waals surface area contributed by atoms with Gasteiger partial charge in [0.15, 0.2) is 0 Å². The van der Waals surface area contributed by atoms with E-state index in [1.54, 1.807) is 0 Å². The lowest BCUT2D eigenvalue weighted by atomic mass is 9.63. The van der Waals surface area contributed by atoms with Gasteiger partial charge in [-0.1, -0.05) is 69.6 Å². The van der Waals surface area contributed by atoms with Gasteiger partial charge in [-0.05, 0) is 101 Å². The minimum absolute atomic E-state index is 0.301. The molecule has 0 saturated heterocycles. The number of fused-ring (bicyclic) bond motifs is 4. The van der Waals surface area contributed by atoms with E-state index >= 15 is 0 Å². The monoisotopic (exact) mass is 458 g/mol. The van der Waals surface area contributed by atoms with Crippen molar-refractivity contribution in [3.8, 4) is 5.75 Å². The van der Waals surface area contributed by atoms with Crippen LogP contribution in [0.25, 0.3) is 0 Å². The third kappa shape index (κ3) is 2.34. The third-order valence-electron chi connectivity index (χ3n) is 11.7. The second-order valence-corrected chi connectivity index (χ2v) is 13.1. The highest BCUT2D eigenvalue weighted by molar-refractivity contribution is 9.08. The molecule has 1 N–H and O–H groups in total. The second kappa shape index (κ2) is 6.05. The van der Waals surface area contributed by atoms with Gasteiger partial charge in [0.05, 0.1) is 0 Å². The minimum Gasteiger partial charge on any atom is -0.507 e. The summed E-state index contributed by atoms with van der Waals surface area (Å²) in [5, 5.41) is 12.6. The fraction of sp³-hybridized carbons (Fsp3) is 0.778. The van der Waals surface area contributed by atoms with E-state index in [0.717, 1.165) is 17.2 Å². The summed E-state index contributed by atoms with van der Waals surface area (Å²) in [4.78, 5) is 0. The molecule has 2 heteroatoms. The molecule has 0 aromatic heterocycles. The maximum atomic E-state index is 11.7. The predicted molar refractivity (Wildman–Crippen MR) is 125 cm³/mol. The van der Waals surface area contributed by atoms with Crippen molar-refractivity contribution in [1.82, 2.24) is 0 Å². The molecule has 160 valence electrons.